The van der Waals surface area contributed by atoms with E-state index in [1.807, 2.05) is 54.6 Å². The molecule has 41 heavy (non-hydrogen) atoms. The van der Waals surface area contributed by atoms with Crippen LogP contribution in [0.3, 0.4) is 0 Å². The summed E-state index contributed by atoms with van der Waals surface area (Å²) in [5, 5.41) is 4.07. The Balaban J connectivity index is 0.00000276. The molecule has 0 aliphatic rings. The van der Waals surface area contributed by atoms with Gasteiger partial charge in [0.05, 0.1) is 33.5 Å². The van der Waals surface area contributed by atoms with Crippen LogP contribution in [0, 0.1) is 6.07 Å². The SMILES string of the molecule is [Re].[c-]1ccccc1-c1ccc2ccc3ccc(-c4ccc5ccc6ccc(-c7ncccn7)nc6c5n4)nc3c2n1. The Morgan fingerprint density at radius 1 is 0.415 bits per heavy atom. The van der Waals surface area contributed by atoms with Crippen LogP contribution in [0.5, 0.6) is 0 Å². The quantitative estimate of drug-likeness (QED) is 0.141. The van der Waals surface area contributed by atoms with Gasteiger partial charge in [-0.05, 0) is 30.0 Å². The van der Waals surface area contributed by atoms with E-state index in [1.54, 1.807) is 18.5 Å². The predicted molar refractivity (Wildman–Crippen MR) is 158 cm³/mol. The van der Waals surface area contributed by atoms with Crippen LogP contribution >= 0.6 is 0 Å². The molecule has 0 N–H and O–H groups in total. The summed E-state index contributed by atoms with van der Waals surface area (Å²) >= 11 is 0. The molecular weight excluding hydrogens is 679 g/mol. The van der Waals surface area contributed by atoms with Gasteiger partial charge < -0.3 is 0 Å². The maximum Gasteiger partial charge on any atom is 0.178 e. The minimum Gasteiger partial charge on any atom is -0.294 e. The van der Waals surface area contributed by atoms with Gasteiger partial charge in [-0.15, -0.1) is 35.9 Å². The van der Waals surface area contributed by atoms with E-state index in [0.29, 0.717) is 11.5 Å². The molecule has 6 nitrogen and oxygen atoms in total. The fourth-order valence-corrected chi connectivity index (χ4v) is 5.08. The molecule has 0 atom stereocenters. The molecule has 1 radical (unpaired) electrons. The van der Waals surface area contributed by atoms with Crippen LogP contribution in [-0.2, 0) is 20.4 Å². The van der Waals surface area contributed by atoms with Crippen molar-refractivity contribution in [1.82, 2.24) is 29.9 Å². The minimum absolute atomic E-state index is 0. The van der Waals surface area contributed by atoms with Crippen molar-refractivity contribution in [3.05, 3.63) is 122 Å². The molecule has 0 aliphatic carbocycles. The second-order valence-corrected chi connectivity index (χ2v) is 9.55. The summed E-state index contributed by atoms with van der Waals surface area (Å²) in [5.74, 6) is 0.584. The Hall–Kier alpha value is -4.96. The Morgan fingerprint density at radius 3 is 1.37 bits per heavy atom. The minimum atomic E-state index is 0. The van der Waals surface area contributed by atoms with Crippen LogP contribution in [0.1, 0.15) is 0 Å². The van der Waals surface area contributed by atoms with Gasteiger partial charge in [0, 0.05) is 54.4 Å². The second kappa shape index (κ2) is 10.2. The molecule has 0 unspecified atom stereocenters. The Morgan fingerprint density at radius 2 is 0.854 bits per heavy atom. The van der Waals surface area contributed by atoms with Crippen molar-refractivity contribution >= 4 is 43.6 Å². The van der Waals surface area contributed by atoms with Crippen LogP contribution in [0.4, 0.5) is 0 Å². The van der Waals surface area contributed by atoms with Crippen molar-refractivity contribution < 1.29 is 20.4 Å². The van der Waals surface area contributed by atoms with Crippen molar-refractivity contribution in [3.63, 3.8) is 0 Å². The molecule has 5 aromatic heterocycles. The molecule has 0 amide bonds. The Labute approximate surface area is 248 Å². The molecule has 0 bridgehead atoms. The fourth-order valence-electron chi connectivity index (χ4n) is 5.08. The van der Waals surface area contributed by atoms with Crippen LogP contribution in [0.15, 0.2) is 116 Å². The predicted octanol–water partition coefficient (Wildman–Crippen LogP) is 7.47. The fraction of sp³-hybridized carbons (Fsp3) is 0. The first-order chi connectivity index (χ1) is 19.8. The third-order valence-electron chi connectivity index (χ3n) is 7.08. The molecule has 5 heterocycles. The summed E-state index contributed by atoms with van der Waals surface area (Å²) < 4.78 is 0. The standard InChI is InChI=1S/C34H19N6.Re/c1-2-5-21(6-3-1)26-15-11-22-7-8-23-12-16-27(38-31(23)30(22)37-26)28-17-13-24-9-10-25-14-18-29(34-35-19-4-20-36-34)40-33(25)32(24)39-28;/h1-5,7-20H;/q-1;. The van der Waals surface area contributed by atoms with E-state index < -0.39 is 0 Å². The van der Waals surface area contributed by atoms with E-state index in [9.17, 15) is 0 Å². The van der Waals surface area contributed by atoms with Gasteiger partial charge in [-0.1, -0.05) is 54.6 Å². The molecule has 0 spiro atoms. The average Bonchev–Trinajstić information content (AvgIpc) is 3.04. The van der Waals surface area contributed by atoms with Crippen molar-refractivity contribution in [2.45, 2.75) is 0 Å². The number of nitrogens with zero attached hydrogens (tertiary/aromatic N) is 6. The molecule has 193 valence electrons. The zero-order chi connectivity index (χ0) is 26.5. The van der Waals surface area contributed by atoms with Gasteiger partial charge >= 0.3 is 0 Å². The summed E-state index contributed by atoms with van der Waals surface area (Å²) in [6.07, 6.45) is 3.44. The van der Waals surface area contributed by atoms with Crippen molar-refractivity contribution in [2.75, 3.05) is 0 Å². The summed E-state index contributed by atoms with van der Waals surface area (Å²) in [6, 6.07) is 37.5. The third-order valence-corrected chi connectivity index (χ3v) is 7.08. The number of hydrogen-bond donors (Lipinski definition) is 0. The first-order valence-electron chi connectivity index (χ1n) is 13.0. The van der Waals surface area contributed by atoms with Crippen LogP contribution in [0.25, 0.3) is 77.8 Å². The maximum atomic E-state index is 5.08. The van der Waals surface area contributed by atoms with Gasteiger partial charge in [0.1, 0.15) is 5.69 Å². The first kappa shape index (κ1) is 25.0. The van der Waals surface area contributed by atoms with E-state index >= 15 is 0 Å². The van der Waals surface area contributed by atoms with Crippen molar-refractivity contribution in [1.29, 1.82) is 0 Å². The van der Waals surface area contributed by atoms with E-state index in [1.165, 1.54) is 0 Å². The molecule has 0 aliphatic heterocycles. The topological polar surface area (TPSA) is 77.3 Å². The van der Waals surface area contributed by atoms with Gasteiger partial charge in [0.2, 0.25) is 0 Å². The maximum absolute atomic E-state index is 5.08. The molecule has 8 aromatic rings. The van der Waals surface area contributed by atoms with E-state index in [-0.39, 0.29) is 20.4 Å². The van der Waals surface area contributed by atoms with Gasteiger partial charge in [-0.3, -0.25) is 4.98 Å². The summed E-state index contributed by atoms with van der Waals surface area (Å²) in [5.41, 5.74) is 7.40. The van der Waals surface area contributed by atoms with E-state index in [4.69, 9.17) is 19.9 Å². The van der Waals surface area contributed by atoms with E-state index in [2.05, 4.69) is 58.5 Å². The molecule has 7 heteroatoms. The van der Waals surface area contributed by atoms with E-state index in [0.717, 1.165) is 66.3 Å². The zero-order valence-electron chi connectivity index (χ0n) is 21.5. The number of pyridine rings is 4. The molecule has 0 fully saturated rings. The van der Waals surface area contributed by atoms with Crippen molar-refractivity contribution in [3.8, 4) is 34.2 Å². The van der Waals surface area contributed by atoms with Gasteiger partial charge in [0.25, 0.3) is 0 Å². The second-order valence-electron chi connectivity index (χ2n) is 9.55. The first-order valence-corrected chi connectivity index (χ1v) is 13.0. The monoisotopic (exact) mass is 698 g/mol. The number of fused-ring (bicyclic) bond motifs is 6. The number of hydrogen-bond acceptors (Lipinski definition) is 6. The van der Waals surface area contributed by atoms with Gasteiger partial charge in [0.15, 0.2) is 5.82 Å². The molecule has 8 rings (SSSR count). The third kappa shape index (κ3) is 4.42. The number of aromatic nitrogens is 6. The van der Waals surface area contributed by atoms with Crippen LogP contribution < -0.4 is 0 Å². The smallest absolute Gasteiger partial charge is 0.178 e. The molecule has 0 saturated heterocycles. The Kier molecular flexibility index (Phi) is 6.24. The normalized spacial score (nSPS) is 11.2. The zero-order valence-corrected chi connectivity index (χ0v) is 24.2. The van der Waals surface area contributed by atoms with Crippen molar-refractivity contribution in [2.24, 2.45) is 0 Å². The summed E-state index contributed by atoms with van der Waals surface area (Å²) in [7, 11) is 0. The molecule has 3 aromatic carbocycles. The number of rotatable bonds is 3. The van der Waals surface area contributed by atoms with Crippen LogP contribution in [0.2, 0.25) is 0 Å². The van der Waals surface area contributed by atoms with Gasteiger partial charge in [-0.25, -0.2) is 24.9 Å². The molecule has 0 saturated carbocycles. The van der Waals surface area contributed by atoms with Crippen LogP contribution in [-0.4, -0.2) is 29.9 Å². The van der Waals surface area contributed by atoms with Gasteiger partial charge in [-0.2, -0.15) is 0 Å². The average molecular weight is 698 g/mol. The number of benzene rings is 3. The summed E-state index contributed by atoms with van der Waals surface area (Å²) in [4.78, 5) is 28.8. The summed E-state index contributed by atoms with van der Waals surface area (Å²) in [6.45, 7) is 0. The Bertz CT molecular complexity index is 2060. The molecular formula is C34H19N6Re-. The largest absolute Gasteiger partial charge is 0.294 e.